The number of aliphatic hydroxyl groups excluding tert-OH is 1. The summed E-state index contributed by atoms with van der Waals surface area (Å²) in [6, 6.07) is 3.79. The Kier molecular flexibility index (Phi) is 6.62. The Balaban J connectivity index is 2.31. The topological polar surface area (TPSA) is 86.7 Å². The van der Waals surface area contributed by atoms with Gasteiger partial charge in [-0.1, -0.05) is 24.4 Å². The number of nitrogens with zero attached hydrogens (tertiary/aromatic N) is 1. The van der Waals surface area contributed by atoms with Gasteiger partial charge in [-0.3, -0.25) is 4.79 Å². The van der Waals surface area contributed by atoms with E-state index < -0.39 is 22.0 Å². The number of hydrogen-bond acceptors (Lipinski definition) is 4. The van der Waals surface area contributed by atoms with Crippen molar-refractivity contribution >= 4 is 27.5 Å². The van der Waals surface area contributed by atoms with Crippen LogP contribution in [0.25, 0.3) is 0 Å². The average molecular weight is 375 g/mol. The third kappa shape index (κ3) is 4.47. The molecule has 2 rings (SSSR count). The van der Waals surface area contributed by atoms with Crippen molar-refractivity contribution in [2.75, 3.05) is 19.7 Å². The van der Waals surface area contributed by atoms with E-state index in [4.69, 9.17) is 16.7 Å². The van der Waals surface area contributed by atoms with Crippen molar-refractivity contribution in [2.24, 2.45) is 0 Å². The summed E-state index contributed by atoms with van der Waals surface area (Å²) in [5, 5.41) is 11.7. The summed E-state index contributed by atoms with van der Waals surface area (Å²) in [5.41, 5.74) is 0.202. The van der Waals surface area contributed by atoms with Crippen LogP contribution in [-0.2, 0) is 10.0 Å². The molecule has 0 radical (unpaired) electrons. The van der Waals surface area contributed by atoms with E-state index in [2.05, 4.69) is 5.32 Å². The fraction of sp³-hybridized carbons (Fsp3) is 0.562. The van der Waals surface area contributed by atoms with E-state index in [9.17, 15) is 13.2 Å². The fourth-order valence-electron chi connectivity index (χ4n) is 2.62. The molecule has 24 heavy (non-hydrogen) atoms. The molecular weight excluding hydrogens is 352 g/mol. The second-order valence-electron chi connectivity index (χ2n) is 6.02. The third-order valence-electron chi connectivity index (χ3n) is 4.03. The second-order valence-corrected chi connectivity index (χ2v) is 8.33. The van der Waals surface area contributed by atoms with E-state index in [1.54, 1.807) is 6.92 Å². The summed E-state index contributed by atoms with van der Waals surface area (Å²) in [5.74, 6) is -0.444. The van der Waals surface area contributed by atoms with Crippen molar-refractivity contribution in [3.05, 3.63) is 28.8 Å². The van der Waals surface area contributed by atoms with Gasteiger partial charge in [-0.2, -0.15) is 4.31 Å². The molecule has 1 aliphatic rings. The molecule has 0 aromatic heterocycles. The molecule has 8 heteroatoms. The Morgan fingerprint density at radius 3 is 2.50 bits per heavy atom. The normalized spacial score (nSPS) is 18.0. The number of halogens is 1. The van der Waals surface area contributed by atoms with Crippen LogP contribution < -0.4 is 5.32 Å². The maximum atomic E-state index is 12.9. The molecule has 0 spiro atoms. The van der Waals surface area contributed by atoms with E-state index in [0.717, 1.165) is 25.7 Å². The SMILES string of the molecule is C[C@@H](CO)NC(=O)c1ccc(Cl)c(S(=O)(=O)N2CCCCCC2)c1. The van der Waals surface area contributed by atoms with Gasteiger partial charge in [0.25, 0.3) is 5.91 Å². The van der Waals surface area contributed by atoms with E-state index in [-0.39, 0.29) is 22.1 Å². The zero-order chi connectivity index (χ0) is 17.7. The van der Waals surface area contributed by atoms with E-state index in [1.807, 2.05) is 0 Å². The molecule has 1 aromatic carbocycles. The van der Waals surface area contributed by atoms with Crippen molar-refractivity contribution in [1.82, 2.24) is 9.62 Å². The predicted octanol–water partition coefficient (Wildman–Crippen LogP) is 2.02. The number of carbonyl (C=O) groups excluding carboxylic acids is 1. The monoisotopic (exact) mass is 374 g/mol. The van der Waals surface area contributed by atoms with Crippen molar-refractivity contribution in [1.29, 1.82) is 0 Å². The first kappa shape index (κ1) is 19.2. The van der Waals surface area contributed by atoms with Gasteiger partial charge in [0.15, 0.2) is 0 Å². The zero-order valence-electron chi connectivity index (χ0n) is 13.7. The highest BCUT2D eigenvalue weighted by atomic mass is 35.5. The van der Waals surface area contributed by atoms with Crippen LogP contribution in [0.5, 0.6) is 0 Å². The molecule has 0 bridgehead atoms. The van der Waals surface area contributed by atoms with Crippen LogP contribution >= 0.6 is 11.6 Å². The van der Waals surface area contributed by atoms with Gasteiger partial charge < -0.3 is 10.4 Å². The lowest BCUT2D eigenvalue weighted by Gasteiger charge is -2.21. The minimum absolute atomic E-state index is 0.0460. The van der Waals surface area contributed by atoms with Gasteiger partial charge in [-0.15, -0.1) is 0 Å². The van der Waals surface area contributed by atoms with Crippen molar-refractivity contribution in [3.63, 3.8) is 0 Å². The third-order valence-corrected chi connectivity index (χ3v) is 6.41. The molecule has 1 saturated heterocycles. The zero-order valence-corrected chi connectivity index (χ0v) is 15.2. The van der Waals surface area contributed by atoms with Crippen LogP contribution in [0.1, 0.15) is 43.0 Å². The van der Waals surface area contributed by atoms with Gasteiger partial charge >= 0.3 is 0 Å². The maximum absolute atomic E-state index is 12.9. The molecule has 134 valence electrons. The van der Waals surface area contributed by atoms with Gasteiger partial charge in [-0.05, 0) is 38.0 Å². The molecule has 0 aliphatic carbocycles. The molecule has 1 aromatic rings. The van der Waals surface area contributed by atoms with Crippen LogP contribution in [0.3, 0.4) is 0 Å². The Bertz CT molecular complexity index is 685. The number of sulfonamides is 1. The molecule has 0 unspecified atom stereocenters. The largest absolute Gasteiger partial charge is 0.394 e. The van der Waals surface area contributed by atoms with Crippen LogP contribution in [-0.4, -0.2) is 49.5 Å². The average Bonchev–Trinajstić information content (AvgIpc) is 2.84. The molecule has 1 heterocycles. The van der Waals surface area contributed by atoms with E-state index >= 15 is 0 Å². The minimum Gasteiger partial charge on any atom is -0.394 e. The molecule has 2 N–H and O–H groups in total. The predicted molar refractivity (Wildman–Crippen MR) is 92.7 cm³/mol. The number of benzene rings is 1. The summed E-state index contributed by atoms with van der Waals surface area (Å²) in [6.45, 7) is 2.40. The summed E-state index contributed by atoms with van der Waals surface area (Å²) < 4.78 is 27.2. The number of rotatable bonds is 5. The van der Waals surface area contributed by atoms with Crippen LogP contribution in [0.4, 0.5) is 0 Å². The van der Waals surface area contributed by atoms with Crippen molar-refractivity contribution in [3.8, 4) is 0 Å². The number of hydrogen-bond donors (Lipinski definition) is 2. The van der Waals surface area contributed by atoms with Crippen LogP contribution in [0, 0.1) is 0 Å². The standard InChI is InChI=1S/C16H23ClN2O4S/c1-12(11-20)18-16(21)13-6-7-14(17)15(10-13)24(22,23)19-8-4-2-3-5-9-19/h6-7,10,12,20H,2-5,8-9,11H2,1H3,(H,18,21)/t12-/m0/s1. The van der Waals surface area contributed by atoms with Gasteiger partial charge in [0.2, 0.25) is 10.0 Å². The van der Waals surface area contributed by atoms with Gasteiger partial charge in [0.1, 0.15) is 4.90 Å². The Labute approximate surface area is 147 Å². The van der Waals surface area contributed by atoms with Crippen LogP contribution in [0.15, 0.2) is 23.1 Å². The summed E-state index contributed by atoms with van der Waals surface area (Å²) in [4.78, 5) is 12.1. The first-order valence-corrected chi connectivity index (χ1v) is 9.89. The van der Waals surface area contributed by atoms with Crippen molar-refractivity contribution in [2.45, 2.75) is 43.5 Å². The quantitative estimate of drug-likeness (QED) is 0.825. The molecule has 1 aliphatic heterocycles. The number of carbonyl (C=O) groups is 1. The lowest BCUT2D eigenvalue weighted by Crippen LogP contribution is -2.35. The maximum Gasteiger partial charge on any atom is 0.251 e. The first-order chi connectivity index (χ1) is 11.4. The number of nitrogens with one attached hydrogen (secondary N) is 1. The molecule has 0 saturated carbocycles. The fourth-order valence-corrected chi connectivity index (χ4v) is 4.63. The highest BCUT2D eigenvalue weighted by Crippen LogP contribution is 2.27. The summed E-state index contributed by atoms with van der Waals surface area (Å²) in [6.07, 6.45) is 3.68. The Morgan fingerprint density at radius 2 is 1.92 bits per heavy atom. The lowest BCUT2D eigenvalue weighted by molar-refractivity contribution is 0.0922. The summed E-state index contributed by atoms with van der Waals surface area (Å²) >= 11 is 6.10. The molecule has 1 amide bonds. The van der Waals surface area contributed by atoms with E-state index in [0.29, 0.717) is 13.1 Å². The molecule has 6 nitrogen and oxygen atoms in total. The smallest absolute Gasteiger partial charge is 0.251 e. The molecule has 1 fully saturated rings. The number of aliphatic hydroxyl groups is 1. The van der Waals surface area contributed by atoms with Gasteiger partial charge in [0.05, 0.1) is 11.6 Å². The van der Waals surface area contributed by atoms with Gasteiger partial charge in [0, 0.05) is 24.7 Å². The highest BCUT2D eigenvalue weighted by Gasteiger charge is 2.28. The lowest BCUT2D eigenvalue weighted by atomic mass is 10.2. The molecule has 1 atom stereocenters. The number of amides is 1. The van der Waals surface area contributed by atoms with Crippen molar-refractivity contribution < 1.29 is 18.3 Å². The molecular formula is C16H23ClN2O4S. The second kappa shape index (κ2) is 8.29. The Morgan fingerprint density at radius 1 is 1.29 bits per heavy atom. The summed E-state index contributed by atoms with van der Waals surface area (Å²) in [7, 11) is -3.73. The first-order valence-electron chi connectivity index (χ1n) is 8.07. The van der Waals surface area contributed by atoms with Crippen LogP contribution in [0.2, 0.25) is 5.02 Å². The van der Waals surface area contributed by atoms with Gasteiger partial charge in [-0.25, -0.2) is 8.42 Å². The highest BCUT2D eigenvalue weighted by molar-refractivity contribution is 7.89. The minimum atomic E-state index is -3.73. The van der Waals surface area contributed by atoms with E-state index in [1.165, 1.54) is 22.5 Å². The Hall–Kier alpha value is -1.15.